The normalized spacial score (nSPS) is 15.3. The third-order valence-electron chi connectivity index (χ3n) is 6.59. The molecule has 0 bridgehead atoms. The van der Waals surface area contributed by atoms with Crippen LogP contribution < -0.4 is 15.4 Å². The molecule has 0 radical (unpaired) electrons. The minimum Gasteiger partial charge on any atom is -0.486 e. The predicted octanol–water partition coefficient (Wildman–Crippen LogP) is 4.50. The molecule has 1 aliphatic heterocycles. The number of fused-ring (bicyclic) bond motifs is 1. The zero-order valence-corrected chi connectivity index (χ0v) is 20.1. The average molecular weight is 492 g/mol. The Balaban J connectivity index is 1.51. The number of carbonyl (C=O) groups is 1. The van der Waals surface area contributed by atoms with E-state index in [4.69, 9.17) is 10.5 Å². The number of hydrogen-bond donors (Lipinski definition) is 2. The van der Waals surface area contributed by atoms with Gasteiger partial charge in [-0.1, -0.05) is 0 Å². The molecule has 1 atom stereocenters. The van der Waals surface area contributed by atoms with Crippen molar-refractivity contribution in [3.63, 3.8) is 0 Å². The van der Waals surface area contributed by atoms with E-state index in [0.717, 1.165) is 48.8 Å². The summed E-state index contributed by atoms with van der Waals surface area (Å²) in [6, 6.07) is 14.3. The number of nitrogens with two attached hydrogens (primary N) is 1. The first-order valence-corrected chi connectivity index (χ1v) is 11.8. The smallest absolute Gasteiger partial charge is 0.249 e. The van der Waals surface area contributed by atoms with Gasteiger partial charge in [-0.25, -0.2) is 8.78 Å². The van der Waals surface area contributed by atoms with Crippen LogP contribution in [-0.2, 0) is 0 Å². The average Bonchev–Trinajstić information content (AvgIpc) is 3.26. The van der Waals surface area contributed by atoms with Gasteiger partial charge in [0.05, 0.1) is 5.52 Å². The molecule has 2 heterocycles. The monoisotopic (exact) mass is 491 g/mol. The maximum absolute atomic E-state index is 13.7. The molecule has 1 fully saturated rings. The highest BCUT2D eigenvalue weighted by Gasteiger charge is 2.21. The van der Waals surface area contributed by atoms with Gasteiger partial charge in [0, 0.05) is 54.4 Å². The number of hydrogen-bond acceptors (Lipinski definition) is 5. The molecule has 5 rings (SSSR count). The van der Waals surface area contributed by atoms with Gasteiger partial charge in [0.2, 0.25) is 5.91 Å². The van der Waals surface area contributed by atoms with E-state index >= 15 is 0 Å². The lowest BCUT2D eigenvalue weighted by Crippen LogP contribution is -2.44. The number of H-pyrrole nitrogens is 1. The van der Waals surface area contributed by atoms with E-state index in [1.54, 1.807) is 25.1 Å². The minimum atomic E-state index is -0.660. The standard InChI is InChI=1S/C27H27F2N5O2/c1-16(17-11-18(28)13-19(29)12-17)36-21-4-6-25-24(15-21)26(32-31-25)23-14-20(3-5-22(23)27(30)35)34-9-7-33(2)8-10-34/h3-6,11-16H,7-10H2,1-2H3,(H2,30,35)(H,31,32). The highest BCUT2D eigenvalue weighted by atomic mass is 19.1. The first-order valence-electron chi connectivity index (χ1n) is 11.8. The predicted molar refractivity (Wildman–Crippen MR) is 135 cm³/mol. The first kappa shape index (κ1) is 23.7. The molecule has 4 aromatic rings. The van der Waals surface area contributed by atoms with Crippen molar-refractivity contribution in [1.29, 1.82) is 0 Å². The number of primary amides is 1. The number of amides is 1. The van der Waals surface area contributed by atoms with Crippen LogP contribution in [0.2, 0.25) is 0 Å². The van der Waals surface area contributed by atoms with Gasteiger partial charge in [-0.3, -0.25) is 9.89 Å². The number of ether oxygens (including phenoxy) is 1. The minimum absolute atomic E-state index is 0.371. The lowest BCUT2D eigenvalue weighted by Gasteiger charge is -2.34. The summed E-state index contributed by atoms with van der Waals surface area (Å²) in [7, 11) is 2.10. The van der Waals surface area contributed by atoms with Crippen molar-refractivity contribution in [2.24, 2.45) is 5.73 Å². The van der Waals surface area contributed by atoms with E-state index < -0.39 is 23.6 Å². The van der Waals surface area contributed by atoms with Crippen molar-refractivity contribution in [1.82, 2.24) is 15.1 Å². The van der Waals surface area contributed by atoms with Crippen molar-refractivity contribution in [2.75, 3.05) is 38.1 Å². The van der Waals surface area contributed by atoms with Crippen molar-refractivity contribution >= 4 is 22.5 Å². The molecule has 9 heteroatoms. The van der Waals surface area contributed by atoms with Crippen molar-refractivity contribution in [2.45, 2.75) is 13.0 Å². The first-order chi connectivity index (χ1) is 17.3. The fourth-order valence-electron chi connectivity index (χ4n) is 4.56. The van der Waals surface area contributed by atoms with Gasteiger partial charge in [-0.15, -0.1) is 0 Å². The van der Waals surface area contributed by atoms with Crippen LogP contribution in [0.3, 0.4) is 0 Å². The van der Waals surface area contributed by atoms with Crippen LogP contribution in [0, 0.1) is 11.6 Å². The van der Waals surface area contributed by atoms with Crippen LogP contribution >= 0.6 is 0 Å². The number of rotatable bonds is 6. The van der Waals surface area contributed by atoms with Crippen molar-refractivity contribution < 1.29 is 18.3 Å². The topological polar surface area (TPSA) is 87.5 Å². The van der Waals surface area contributed by atoms with Gasteiger partial charge in [-0.05, 0) is 68.1 Å². The van der Waals surface area contributed by atoms with E-state index in [0.29, 0.717) is 28.1 Å². The van der Waals surface area contributed by atoms with E-state index in [2.05, 4.69) is 27.0 Å². The zero-order chi connectivity index (χ0) is 25.4. The number of aromatic nitrogens is 2. The van der Waals surface area contributed by atoms with Gasteiger partial charge >= 0.3 is 0 Å². The lowest BCUT2D eigenvalue weighted by molar-refractivity contribution is 0.100. The van der Waals surface area contributed by atoms with Crippen molar-refractivity contribution in [3.8, 4) is 17.0 Å². The molecule has 1 aromatic heterocycles. The largest absolute Gasteiger partial charge is 0.486 e. The maximum atomic E-state index is 13.7. The Hall–Kier alpha value is -3.98. The molecular weight excluding hydrogens is 464 g/mol. The molecule has 1 aliphatic rings. The number of aromatic amines is 1. The van der Waals surface area contributed by atoms with Crippen molar-refractivity contribution in [3.05, 3.63) is 77.4 Å². The van der Waals surface area contributed by atoms with Gasteiger partial charge < -0.3 is 20.3 Å². The number of nitrogens with zero attached hydrogens (tertiary/aromatic N) is 3. The van der Waals surface area contributed by atoms with Gasteiger partial charge in [0.25, 0.3) is 0 Å². The summed E-state index contributed by atoms with van der Waals surface area (Å²) in [5, 5.41) is 8.24. The molecule has 3 aromatic carbocycles. The van der Waals surface area contributed by atoms with Crippen LogP contribution in [0.25, 0.3) is 22.2 Å². The van der Waals surface area contributed by atoms with E-state index in [1.165, 1.54) is 12.1 Å². The fourth-order valence-corrected chi connectivity index (χ4v) is 4.56. The summed E-state index contributed by atoms with van der Waals surface area (Å²) < 4.78 is 33.4. The Labute approximate surface area is 207 Å². The molecule has 1 unspecified atom stereocenters. The van der Waals surface area contributed by atoms with Gasteiger partial charge in [-0.2, -0.15) is 5.10 Å². The number of nitrogens with one attached hydrogen (secondary N) is 1. The number of piperazine rings is 1. The highest BCUT2D eigenvalue weighted by Crippen LogP contribution is 2.35. The second-order valence-corrected chi connectivity index (χ2v) is 9.13. The summed E-state index contributed by atoms with van der Waals surface area (Å²) in [5.74, 6) is -1.36. The van der Waals surface area contributed by atoms with Crippen LogP contribution in [0.1, 0.15) is 28.9 Å². The molecule has 0 saturated carbocycles. The zero-order valence-electron chi connectivity index (χ0n) is 20.1. The van der Waals surface area contributed by atoms with Gasteiger partial charge in [0.1, 0.15) is 29.2 Å². The Morgan fingerprint density at radius 2 is 1.75 bits per heavy atom. The van der Waals surface area contributed by atoms with E-state index in [1.807, 2.05) is 18.2 Å². The van der Waals surface area contributed by atoms with E-state index in [-0.39, 0.29) is 0 Å². The molecule has 186 valence electrons. The Kier molecular flexibility index (Phi) is 6.32. The highest BCUT2D eigenvalue weighted by molar-refractivity contribution is 6.04. The quantitative estimate of drug-likeness (QED) is 0.415. The third kappa shape index (κ3) is 4.74. The molecule has 7 nitrogen and oxygen atoms in total. The summed E-state index contributed by atoms with van der Waals surface area (Å²) in [6.45, 7) is 5.38. The molecule has 1 saturated heterocycles. The molecule has 0 aliphatic carbocycles. The molecular formula is C27H27F2N5O2. The third-order valence-corrected chi connectivity index (χ3v) is 6.59. The van der Waals surface area contributed by atoms with E-state index in [9.17, 15) is 13.6 Å². The lowest BCUT2D eigenvalue weighted by atomic mass is 9.99. The Bertz CT molecular complexity index is 1410. The SMILES string of the molecule is CC(Oc1ccc2[nH]nc(-c3cc(N4CCN(C)CC4)ccc3C(N)=O)c2c1)c1cc(F)cc(F)c1. The van der Waals surface area contributed by atoms with Crippen LogP contribution in [0.4, 0.5) is 14.5 Å². The molecule has 1 amide bonds. The number of halogens is 2. The summed E-state index contributed by atoms with van der Waals surface area (Å²) in [6.07, 6.45) is -0.593. The Morgan fingerprint density at radius 3 is 2.44 bits per heavy atom. The fraction of sp³-hybridized carbons (Fsp3) is 0.259. The van der Waals surface area contributed by atoms with Crippen LogP contribution in [0.5, 0.6) is 5.75 Å². The summed E-state index contributed by atoms with van der Waals surface area (Å²) in [4.78, 5) is 16.8. The number of benzene rings is 3. The Morgan fingerprint density at radius 1 is 1.03 bits per heavy atom. The number of anilines is 1. The van der Waals surface area contributed by atoms with Crippen LogP contribution in [0.15, 0.2) is 54.6 Å². The number of carbonyl (C=O) groups excluding carboxylic acids is 1. The molecule has 36 heavy (non-hydrogen) atoms. The molecule has 3 N–H and O–H groups in total. The molecule has 0 spiro atoms. The summed E-state index contributed by atoms with van der Waals surface area (Å²) >= 11 is 0. The van der Waals surface area contributed by atoms with Gasteiger partial charge in [0.15, 0.2) is 0 Å². The summed E-state index contributed by atoms with van der Waals surface area (Å²) in [5.41, 5.74) is 9.42. The second-order valence-electron chi connectivity index (χ2n) is 9.13. The maximum Gasteiger partial charge on any atom is 0.249 e. The van der Waals surface area contributed by atoms with Crippen LogP contribution in [-0.4, -0.2) is 54.2 Å². The second kappa shape index (κ2) is 9.58. The number of likely N-dealkylation sites (N-methyl/N-ethyl adjacent to an activating group) is 1.